The summed E-state index contributed by atoms with van der Waals surface area (Å²) in [6.45, 7) is 2.23. The van der Waals surface area contributed by atoms with E-state index in [1.54, 1.807) is 0 Å². The molecule has 0 saturated carbocycles. The van der Waals surface area contributed by atoms with Crippen molar-refractivity contribution in [2.75, 3.05) is 0 Å². The van der Waals surface area contributed by atoms with Crippen LogP contribution in [0.3, 0.4) is 0 Å². The van der Waals surface area contributed by atoms with Gasteiger partial charge in [-0.05, 0) is 45.4 Å². The monoisotopic (exact) mass is 334 g/mol. The van der Waals surface area contributed by atoms with Gasteiger partial charge in [0.1, 0.15) is 0 Å². The standard InChI is InChI=1S/C26H22/c1-2-20-18-19-24(21-12-6-3-7-13-21)26(23-16-10-5-11-17-23)25(20)22-14-8-4-9-15-22/h3-19H,2H2,1H3. The molecule has 0 aromatic heterocycles. The highest BCUT2D eigenvalue weighted by atomic mass is 14.2. The van der Waals surface area contributed by atoms with Crippen LogP contribution in [0.4, 0.5) is 0 Å². The minimum absolute atomic E-state index is 1.01. The van der Waals surface area contributed by atoms with Gasteiger partial charge in [0.05, 0.1) is 0 Å². The second-order valence-corrected chi connectivity index (χ2v) is 6.47. The SMILES string of the molecule is CCc1ccc(-c2ccccc2)c(-c2ccccc2)c1-c1ccccc1. The quantitative estimate of drug-likeness (QED) is 0.369. The maximum Gasteiger partial charge on any atom is -0.00241 e. The molecule has 0 nitrogen and oxygen atoms in total. The van der Waals surface area contributed by atoms with Crippen LogP contribution in [0.1, 0.15) is 12.5 Å². The maximum absolute atomic E-state index is 2.29. The first-order valence-corrected chi connectivity index (χ1v) is 9.20. The molecule has 4 rings (SSSR count). The first-order valence-electron chi connectivity index (χ1n) is 9.20. The summed E-state index contributed by atoms with van der Waals surface area (Å²) in [5.41, 5.74) is 9.14. The van der Waals surface area contributed by atoms with Crippen LogP contribution in [0.25, 0.3) is 33.4 Å². The molecule has 0 aliphatic carbocycles. The Kier molecular flexibility index (Phi) is 4.66. The van der Waals surface area contributed by atoms with E-state index < -0.39 is 0 Å². The summed E-state index contributed by atoms with van der Waals surface area (Å²) >= 11 is 0. The molecule has 0 fully saturated rings. The van der Waals surface area contributed by atoms with Crippen molar-refractivity contribution in [1.82, 2.24) is 0 Å². The first-order chi connectivity index (χ1) is 12.9. The molecule has 0 amide bonds. The van der Waals surface area contributed by atoms with Crippen LogP contribution in [0.2, 0.25) is 0 Å². The Bertz CT molecular complexity index is 984. The van der Waals surface area contributed by atoms with Crippen molar-refractivity contribution in [3.8, 4) is 33.4 Å². The highest BCUT2D eigenvalue weighted by Crippen LogP contribution is 2.42. The van der Waals surface area contributed by atoms with Gasteiger partial charge in [-0.15, -0.1) is 0 Å². The normalized spacial score (nSPS) is 10.7. The summed E-state index contributed by atoms with van der Waals surface area (Å²) in [5, 5.41) is 0. The molecule has 26 heavy (non-hydrogen) atoms. The van der Waals surface area contributed by atoms with Gasteiger partial charge in [-0.2, -0.15) is 0 Å². The Labute approximate surface area is 155 Å². The van der Waals surface area contributed by atoms with Gasteiger partial charge in [0.25, 0.3) is 0 Å². The Morgan fingerprint density at radius 3 is 1.42 bits per heavy atom. The van der Waals surface area contributed by atoms with E-state index in [1.807, 2.05) is 0 Å². The molecule has 0 bridgehead atoms. The van der Waals surface area contributed by atoms with Crippen LogP contribution >= 0.6 is 0 Å². The molecule has 0 N–H and O–H groups in total. The predicted octanol–water partition coefficient (Wildman–Crippen LogP) is 7.25. The fourth-order valence-electron chi connectivity index (χ4n) is 3.64. The fourth-order valence-corrected chi connectivity index (χ4v) is 3.64. The molecular formula is C26H22. The third-order valence-electron chi connectivity index (χ3n) is 4.88. The highest BCUT2D eigenvalue weighted by Gasteiger charge is 2.16. The number of hydrogen-bond donors (Lipinski definition) is 0. The summed E-state index contributed by atoms with van der Waals surface area (Å²) in [7, 11) is 0. The lowest BCUT2D eigenvalue weighted by molar-refractivity contribution is 1.14. The second-order valence-electron chi connectivity index (χ2n) is 6.47. The Hall–Kier alpha value is -3.12. The Morgan fingerprint density at radius 1 is 0.462 bits per heavy atom. The number of benzene rings is 4. The van der Waals surface area contributed by atoms with Crippen molar-refractivity contribution in [3.63, 3.8) is 0 Å². The Morgan fingerprint density at radius 2 is 0.923 bits per heavy atom. The zero-order valence-electron chi connectivity index (χ0n) is 15.0. The third-order valence-corrected chi connectivity index (χ3v) is 4.88. The molecule has 0 radical (unpaired) electrons. The fraction of sp³-hybridized carbons (Fsp3) is 0.0769. The minimum atomic E-state index is 1.01. The zero-order valence-corrected chi connectivity index (χ0v) is 15.0. The second kappa shape index (κ2) is 7.41. The van der Waals surface area contributed by atoms with Gasteiger partial charge in [-0.1, -0.05) is 110 Å². The molecule has 0 aliphatic rings. The smallest absolute Gasteiger partial charge is 0.00241 e. The Balaban J connectivity index is 2.09. The minimum Gasteiger partial charge on any atom is -0.0622 e. The molecule has 0 spiro atoms. The molecule has 0 atom stereocenters. The maximum atomic E-state index is 2.29. The van der Waals surface area contributed by atoms with Gasteiger partial charge < -0.3 is 0 Å². The molecule has 0 saturated heterocycles. The van der Waals surface area contributed by atoms with E-state index in [9.17, 15) is 0 Å². The van der Waals surface area contributed by atoms with Crippen LogP contribution in [-0.2, 0) is 6.42 Å². The van der Waals surface area contributed by atoms with Crippen LogP contribution < -0.4 is 0 Å². The number of aryl methyl sites for hydroxylation is 1. The van der Waals surface area contributed by atoms with E-state index in [4.69, 9.17) is 0 Å². The summed E-state index contributed by atoms with van der Waals surface area (Å²) in [4.78, 5) is 0. The van der Waals surface area contributed by atoms with Gasteiger partial charge in [0, 0.05) is 0 Å². The third kappa shape index (κ3) is 3.07. The number of rotatable bonds is 4. The first kappa shape index (κ1) is 16.4. The van der Waals surface area contributed by atoms with E-state index in [2.05, 4.69) is 110 Å². The van der Waals surface area contributed by atoms with Crippen LogP contribution in [-0.4, -0.2) is 0 Å². The van der Waals surface area contributed by atoms with Crippen LogP contribution in [0.15, 0.2) is 103 Å². The molecule has 0 aliphatic heterocycles. The van der Waals surface area contributed by atoms with Crippen molar-refractivity contribution in [2.24, 2.45) is 0 Å². The lowest BCUT2D eigenvalue weighted by Gasteiger charge is -2.19. The molecule has 0 heteroatoms. The van der Waals surface area contributed by atoms with Gasteiger partial charge in [0.2, 0.25) is 0 Å². The zero-order chi connectivity index (χ0) is 17.8. The van der Waals surface area contributed by atoms with Crippen molar-refractivity contribution >= 4 is 0 Å². The van der Waals surface area contributed by atoms with Gasteiger partial charge in [0.15, 0.2) is 0 Å². The van der Waals surface area contributed by atoms with Crippen LogP contribution in [0.5, 0.6) is 0 Å². The van der Waals surface area contributed by atoms with Gasteiger partial charge in [-0.3, -0.25) is 0 Å². The summed E-state index contributed by atoms with van der Waals surface area (Å²) in [6.07, 6.45) is 1.01. The molecule has 0 heterocycles. The summed E-state index contributed by atoms with van der Waals surface area (Å²) in [6, 6.07) is 36.8. The summed E-state index contributed by atoms with van der Waals surface area (Å²) < 4.78 is 0. The average molecular weight is 334 g/mol. The molecule has 4 aromatic rings. The lowest BCUT2D eigenvalue weighted by atomic mass is 9.84. The largest absolute Gasteiger partial charge is 0.0622 e. The molecule has 0 unspecified atom stereocenters. The van der Waals surface area contributed by atoms with E-state index in [0.717, 1.165) is 6.42 Å². The van der Waals surface area contributed by atoms with E-state index in [-0.39, 0.29) is 0 Å². The van der Waals surface area contributed by atoms with Crippen molar-refractivity contribution < 1.29 is 0 Å². The number of hydrogen-bond acceptors (Lipinski definition) is 0. The predicted molar refractivity (Wildman–Crippen MR) is 112 cm³/mol. The molecular weight excluding hydrogens is 312 g/mol. The molecule has 126 valence electrons. The highest BCUT2D eigenvalue weighted by molar-refractivity contribution is 5.96. The van der Waals surface area contributed by atoms with Crippen molar-refractivity contribution in [2.45, 2.75) is 13.3 Å². The van der Waals surface area contributed by atoms with Crippen LogP contribution in [0, 0.1) is 0 Å². The average Bonchev–Trinajstić information content (AvgIpc) is 2.74. The van der Waals surface area contributed by atoms with Gasteiger partial charge in [-0.25, -0.2) is 0 Å². The van der Waals surface area contributed by atoms with Crippen molar-refractivity contribution in [1.29, 1.82) is 0 Å². The van der Waals surface area contributed by atoms with Gasteiger partial charge >= 0.3 is 0 Å². The summed E-state index contributed by atoms with van der Waals surface area (Å²) in [5.74, 6) is 0. The lowest BCUT2D eigenvalue weighted by Crippen LogP contribution is -1.95. The van der Waals surface area contributed by atoms with E-state index >= 15 is 0 Å². The molecule has 4 aromatic carbocycles. The van der Waals surface area contributed by atoms with E-state index in [1.165, 1.54) is 38.9 Å². The van der Waals surface area contributed by atoms with E-state index in [0.29, 0.717) is 0 Å². The van der Waals surface area contributed by atoms with Crippen molar-refractivity contribution in [3.05, 3.63) is 109 Å². The topological polar surface area (TPSA) is 0 Å².